The maximum Gasteiger partial charge on any atom is 0.294 e. The molecule has 1 N–H and O–H groups in total. The first-order chi connectivity index (χ1) is 13.6. The minimum absolute atomic E-state index is 0.0666. The number of sulfone groups is 1. The van der Waals surface area contributed by atoms with Crippen LogP contribution in [0.3, 0.4) is 0 Å². The normalized spacial score (nSPS) is 15.4. The summed E-state index contributed by atoms with van der Waals surface area (Å²) in [6.45, 7) is 7.42. The standard InChI is InChI=1S/C13H19NO3S.C7H8O3S/c1-12-2-4-13(5-3-12)18(15,16)11-8-14-6-9-17-10-7-14;1-6-2-4-7(5-3-6)11(8,9)10/h2-5H,6-11H2,1H3;2-5H,1H3,(H,8,9,10). The van der Waals surface area contributed by atoms with Crippen LogP contribution in [0.15, 0.2) is 58.3 Å². The highest BCUT2D eigenvalue weighted by atomic mass is 32.2. The summed E-state index contributed by atoms with van der Waals surface area (Å²) in [5, 5.41) is 0. The van der Waals surface area contributed by atoms with Gasteiger partial charge in [0.15, 0.2) is 9.84 Å². The number of nitrogens with zero attached hydrogens (tertiary/aromatic N) is 1. The van der Waals surface area contributed by atoms with Crippen molar-refractivity contribution in [3.8, 4) is 0 Å². The van der Waals surface area contributed by atoms with Gasteiger partial charge in [-0.2, -0.15) is 8.42 Å². The third kappa shape index (κ3) is 7.87. The van der Waals surface area contributed by atoms with Gasteiger partial charge in [0.1, 0.15) is 0 Å². The number of benzene rings is 2. The van der Waals surface area contributed by atoms with Crippen LogP contribution in [0.5, 0.6) is 0 Å². The summed E-state index contributed by atoms with van der Waals surface area (Å²) in [6.07, 6.45) is 0. The Hall–Kier alpha value is -1.78. The van der Waals surface area contributed by atoms with Gasteiger partial charge in [0, 0.05) is 19.6 Å². The molecule has 0 unspecified atom stereocenters. The molecule has 1 saturated heterocycles. The van der Waals surface area contributed by atoms with Crippen LogP contribution in [0, 0.1) is 13.8 Å². The first kappa shape index (κ1) is 23.5. The molecule has 7 nitrogen and oxygen atoms in total. The summed E-state index contributed by atoms with van der Waals surface area (Å²) in [6, 6.07) is 13.0. The van der Waals surface area contributed by atoms with E-state index in [4.69, 9.17) is 9.29 Å². The predicted octanol–water partition coefficient (Wildman–Crippen LogP) is 2.34. The zero-order valence-electron chi connectivity index (χ0n) is 16.6. The van der Waals surface area contributed by atoms with Crippen molar-refractivity contribution < 1.29 is 26.1 Å². The molecular weight excluding hydrogens is 414 g/mol. The Morgan fingerprint density at radius 3 is 1.72 bits per heavy atom. The number of ether oxygens (including phenoxy) is 1. The van der Waals surface area contributed by atoms with Crippen LogP contribution in [0.25, 0.3) is 0 Å². The Balaban J connectivity index is 0.000000234. The maximum absolute atomic E-state index is 12.1. The lowest BCUT2D eigenvalue weighted by molar-refractivity contribution is 0.0408. The molecule has 0 atom stereocenters. The van der Waals surface area contributed by atoms with E-state index >= 15 is 0 Å². The van der Waals surface area contributed by atoms with E-state index in [2.05, 4.69) is 4.90 Å². The third-order valence-corrected chi connectivity index (χ3v) is 7.06. The lowest BCUT2D eigenvalue weighted by Crippen LogP contribution is -2.39. The highest BCUT2D eigenvalue weighted by molar-refractivity contribution is 7.91. The average molecular weight is 442 g/mol. The zero-order valence-corrected chi connectivity index (χ0v) is 18.2. The van der Waals surface area contributed by atoms with Gasteiger partial charge in [-0.3, -0.25) is 9.45 Å². The average Bonchev–Trinajstić information content (AvgIpc) is 2.68. The maximum atomic E-state index is 12.1. The van der Waals surface area contributed by atoms with Crippen molar-refractivity contribution >= 4 is 20.0 Å². The van der Waals surface area contributed by atoms with Gasteiger partial charge >= 0.3 is 0 Å². The van der Waals surface area contributed by atoms with Gasteiger partial charge in [0.2, 0.25) is 0 Å². The van der Waals surface area contributed by atoms with E-state index in [9.17, 15) is 16.8 Å². The molecule has 0 bridgehead atoms. The Bertz CT molecular complexity index is 978. The van der Waals surface area contributed by atoms with E-state index in [-0.39, 0.29) is 10.6 Å². The molecule has 3 rings (SSSR count). The van der Waals surface area contributed by atoms with Gasteiger partial charge < -0.3 is 4.74 Å². The van der Waals surface area contributed by atoms with E-state index < -0.39 is 20.0 Å². The molecule has 2 aromatic carbocycles. The van der Waals surface area contributed by atoms with Crippen molar-refractivity contribution in [3.05, 3.63) is 59.7 Å². The van der Waals surface area contributed by atoms with Gasteiger partial charge in [0.05, 0.1) is 28.8 Å². The molecule has 1 fully saturated rings. The van der Waals surface area contributed by atoms with E-state index in [1.54, 1.807) is 24.3 Å². The molecule has 0 saturated carbocycles. The van der Waals surface area contributed by atoms with Gasteiger partial charge in [-0.05, 0) is 38.1 Å². The van der Waals surface area contributed by atoms with Crippen LogP contribution in [-0.2, 0) is 24.7 Å². The molecule has 0 amide bonds. The second-order valence-electron chi connectivity index (χ2n) is 6.87. The minimum atomic E-state index is -4.02. The fourth-order valence-corrected chi connectivity index (χ4v) is 4.41. The Morgan fingerprint density at radius 2 is 1.28 bits per heavy atom. The number of hydrogen-bond acceptors (Lipinski definition) is 6. The van der Waals surface area contributed by atoms with Crippen molar-refractivity contribution in [2.75, 3.05) is 38.6 Å². The van der Waals surface area contributed by atoms with Gasteiger partial charge in [-0.15, -0.1) is 0 Å². The third-order valence-electron chi connectivity index (χ3n) is 4.48. The highest BCUT2D eigenvalue weighted by Gasteiger charge is 2.17. The van der Waals surface area contributed by atoms with Crippen molar-refractivity contribution in [1.82, 2.24) is 4.90 Å². The van der Waals surface area contributed by atoms with Crippen LogP contribution in [-0.4, -0.2) is 64.9 Å². The summed E-state index contributed by atoms with van der Waals surface area (Å²) in [5.74, 6) is 0.177. The topological polar surface area (TPSA) is 101 Å². The fraction of sp³-hybridized carbons (Fsp3) is 0.400. The summed E-state index contributed by atoms with van der Waals surface area (Å²) in [7, 11) is -7.18. The summed E-state index contributed by atoms with van der Waals surface area (Å²) < 4.78 is 59.0. The lowest BCUT2D eigenvalue weighted by Gasteiger charge is -2.26. The molecule has 1 aliphatic rings. The number of morpholine rings is 1. The predicted molar refractivity (Wildman–Crippen MR) is 111 cm³/mol. The molecule has 2 aromatic rings. The van der Waals surface area contributed by atoms with Gasteiger partial charge in [-0.25, -0.2) is 8.42 Å². The van der Waals surface area contributed by atoms with Crippen LogP contribution in [0.4, 0.5) is 0 Å². The van der Waals surface area contributed by atoms with Gasteiger partial charge in [-0.1, -0.05) is 35.4 Å². The molecule has 9 heteroatoms. The smallest absolute Gasteiger partial charge is 0.294 e. The molecule has 160 valence electrons. The first-order valence-electron chi connectivity index (χ1n) is 9.21. The monoisotopic (exact) mass is 441 g/mol. The van der Waals surface area contributed by atoms with E-state index in [1.807, 2.05) is 26.0 Å². The summed E-state index contributed by atoms with van der Waals surface area (Å²) in [4.78, 5) is 2.49. The van der Waals surface area contributed by atoms with E-state index in [1.165, 1.54) is 12.1 Å². The van der Waals surface area contributed by atoms with Crippen LogP contribution in [0.1, 0.15) is 11.1 Å². The SMILES string of the molecule is Cc1ccc(S(=O)(=O)CCN2CCOCC2)cc1.Cc1ccc(S(=O)(=O)O)cc1. The van der Waals surface area contributed by atoms with Crippen LogP contribution < -0.4 is 0 Å². The van der Waals surface area contributed by atoms with Crippen molar-refractivity contribution in [1.29, 1.82) is 0 Å². The van der Waals surface area contributed by atoms with Crippen molar-refractivity contribution in [2.45, 2.75) is 23.6 Å². The van der Waals surface area contributed by atoms with Gasteiger partial charge in [0.25, 0.3) is 10.1 Å². The van der Waals surface area contributed by atoms with Crippen LogP contribution >= 0.6 is 0 Å². The highest BCUT2D eigenvalue weighted by Crippen LogP contribution is 2.13. The number of hydrogen-bond donors (Lipinski definition) is 1. The summed E-state index contributed by atoms with van der Waals surface area (Å²) >= 11 is 0. The molecular formula is C20H27NO6S2. The second-order valence-corrected chi connectivity index (χ2v) is 10.4. The molecule has 29 heavy (non-hydrogen) atoms. The summed E-state index contributed by atoms with van der Waals surface area (Å²) in [5.41, 5.74) is 2.03. The number of rotatable bonds is 5. The zero-order chi connectivity index (χ0) is 21.5. The molecule has 0 spiro atoms. The van der Waals surface area contributed by atoms with Crippen molar-refractivity contribution in [3.63, 3.8) is 0 Å². The van der Waals surface area contributed by atoms with Crippen molar-refractivity contribution in [2.24, 2.45) is 0 Å². The Labute approximate surface area is 173 Å². The van der Waals surface area contributed by atoms with Crippen LogP contribution in [0.2, 0.25) is 0 Å². The Kier molecular flexibility index (Phi) is 8.35. The molecule has 1 heterocycles. The number of aryl methyl sites for hydroxylation is 2. The molecule has 0 aliphatic carbocycles. The molecule has 0 aromatic heterocycles. The Morgan fingerprint density at radius 1 is 0.828 bits per heavy atom. The lowest BCUT2D eigenvalue weighted by atomic mass is 10.2. The fourth-order valence-electron chi connectivity index (χ4n) is 2.65. The quantitative estimate of drug-likeness (QED) is 0.711. The second kappa shape index (κ2) is 10.3. The minimum Gasteiger partial charge on any atom is -0.379 e. The molecule has 0 radical (unpaired) electrons. The molecule has 1 aliphatic heterocycles. The largest absolute Gasteiger partial charge is 0.379 e. The van der Waals surface area contributed by atoms with E-state index in [0.717, 1.165) is 24.2 Å². The van der Waals surface area contributed by atoms with E-state index in [0.29, 0.717) is 24.7 Å². The first-order valence-corrected chi connectivity index (χ1v) is 12.3.